The summed E-state index contributed by atoms with van der Waals surface area (Å²) in [4.78, 5) is 10.4. The van der Waals surface area contributed by atoms with E-state index >= 15 is 0 Å². The van der Waals surface area contributed by atoms with Gasteiger partial charge in [0.1, 0.15) is 12.2 Å². The van der Waals surface area contributed by atoms with E-state index in [1.165, 1.54) is 17.8 Å². The Kier molecular flexibility index (Phi) is 10.7. The molecule has 2 N–H and O–H groups in total. The molecule has 1 aliphatic heterocycles. The minimum atomic E-state index is -4.50. The predicted molar refractivity (Wildman–Crippen MR) is 134 cm³/mol. The normalized spacial score (nSPS) is 16.6. The number of rotatable bonds is 7. The molecule has 1 saturated heterocycles. The molecule has 1 aromatic heterocycles. The number of guanidine groups is 1. The molecule has 2 heterocycles. The quantitative estimate of drug-likeness (QED) is 0.220. The molecule has 1 aliphatic rings. The molecule has 1 fully saturated rings. The minimum Gasteiger partial charge on any atom is -0.475 e. The number of pyridine rings is 1. The van der Waals surface area contributed by atoms with Crippen LogP contribution in [0, 0.1) is 0 Å². The highest BCUT2D eigenvalue weighted by Crippen LogP contribution is 2.34. The van der Waals surface area contributed by atoms with Gasteiger partial charge in [-0.25, -0.2) is 4.98 Å². The summed E-state index contributed by atoms with van der Waals surface area (Å²) in [6, 6.07) is 13.3. The van der Waals surface area contributed by atoms with Gasteiger partial charge >= 0.3 is 6.18 Å². The number of nitrogens with one attached hydrogen (secondary N) is 2. The van der Waals surface area contributed by atoms with Crippen molar-refractivity contribution in [2.75, 3.05) is 33.3 Å². The molecule has 2 aromatic rings. The van der Waals surface area contributed by atoms with Crippen LogP contribution in [0.25, 0.3) is 0 Å². The van der Waals surface area contributed by atoms with E-state index in [2.05, 4.69) is 56.7 Å². The first-order chi connectivity index (χ1) is 15.4. The Morgan fingerprint density at radius 1 is 1.18 bits per heavy atom. The van der Waals surface area contributed by atoms with E-state index in [0.717, 1.165) is 32.0 Å². The molecule has 1 aromatic carbocycles. The van der Waals surface area contributed by atoms with Gasteiger partial charge in [0.15, 0.2) is 5.96 Å². The third-order valence-corrected chi connectivity index (χ3v) is 5.63. The fourth-order valence-electron chi connectivity index (χ4n) is 3.80. The topological polar surface area (TPSA) is 61.8 Å². The zero-order valence-electron chi connectivity index (χ0n) is 18.8. The van der Waals surface area contributed by atoms with Crippen LogP contribution >= 0.6 is 24.0 Å². The lowest BCUT2D eigenvalue weighted by Crippen LogP contribution is -2.49. The number of aliphatic imine (C=N–C) groups is 1. The SMILES string of the molecule is CN=C(NCCOc1ncccc1C(F)(F)F)NC1CCN(C(C)c2ccccc2)CC1.I. The Morgan fingerprint density at radius 2 is 1.88 bits per heavy atom. The number of halogens is 4. The Morgan fingerprint density at radius 3 is 2.52 bits per heavy atom. The molecule has 6 nitrogen and oxygen atoms in total. The maximum Gasteiger partial charge on any atom is 0.421 e. The van der Waals surface area contributed by atoms with Gasteiger partial charge in [0.25, 0.3) is 0 Å². The predicted octanol–water partition coefficient (Wildman–Crippen LogP) is 4.49. The van der Waals surface area contributed by atoms with Crippen molar-refractivity contribution >= 4 is 29.9 Å². The highest BCUT2D eigenvalue weighted by Gasteiger charge is 2.35. The van der Waals surface area contributed by atoms with Gasteiger partial charge < -0.3 is 15.4 Å². The van der Waals surface area contributed by atoms with Crippen LogP contribution in [-0.4, -0.2) is 55.2 Å². The average molecular weight is 577 g/mol. The van der Waals surface area contributed by atoms with Crippen molar-refractivity contribution < 1.29 is 17.9 Å². The van der Waals surface area contributed by atoms with Crippen LogP contribution < -0.4 is 15.4 Å². The first kappa shape index (κ1) is 27.2. The van der Waals surface area contributed by atoms with Crippen LogP contribution in [0.1, 0.15) is 36.9 Å². The summed E-state index contributed by atoms with van der Waals surface area (Å²) in [7, 11) is 1.67. The highest BCUT2D eigenvalue weighted by molar-refractivity contribution is 14.0. The summed E-state index contributed by atoms with van der Waals surface area (Å²) in [5, 5.41) is 6.50. The molecule has 33 heavy (non-hydrogen) atoms. The van der Waals surface area contributed by atoms with Gasteiger partial charge in [0, 0.05) is 38.4 Å². The summed E-state index contributed by atoms with van der Waals surface area (Å²) < 4.78 is 44.3. The second kappa shape index (κ2) is 13.0. The van der Waals surface area contributed by atoms with E-state index in [4.69, 9.17) is 4.74 Å². The fraction of sp³-hybridized carbons (Fsp3) is 0.478. The number of nitrogens with zero attached hydrogens (tertiary/aromatic N) is 3. The van der Waals surface area contributed by atoms with Crippen LogP contribution in [-0.2, 0) is 6.18 Å². The van der Waals surface area contributed by atoms with E-state index in [9.17, 15) is 13.2 Å². The van der Waals surface area contributed by atoms with E-state index < -0.39 is 17.6 Å². The number of aromatic nitrogens is 1. The lowest BCUT2D eigenvalue weighted by molar-refractivity contribution is -0.139. The third-order valence-electron chi connectivity index (χ3n) is 5.63. The van der Waals surface area contributed by atoms with Crippen LogP contribution in [0.2, 0.25) is 0 Å². The Bertz CT molecular complexity index is 874. The number of benzene rings is 1. The monoisotopic (exact) mass is 577 g/mol. The summed E-state index contributed by atoms with van der Waals surface area (Å²) in [6.07, 6.45) is -1.25. The average Bonchev–Trinajstić information content (AvgIpc) is 2.81. The van der Waals surface area contributed by atoms with Gasteiger partial charge in [-0.1, -0.05) is 30.3 Å². The second-order valence-corrected chi connectivity index (χ2v) is 7.74. The molecule has 0 bridgehead atoms. The van der Waals surface area contributed by atoms with Crippen molar-refractivity contribution in [3.63, 3.8) is 0 Å². The first-order valence-corrected chi connectivity index (χ1v) is 10.8. The fourth-order valence-corrected chi connectivity index (χ4v) is 3.80. The van der Waals surface area contributed by atoms with Gasteiger partial charge in [0.05, 0.1) is 6.54 Å². The van der Waals surface area contributed by atoms with Gasteiger partial charge in [-0.15, -0.1) is 24.0 Å². The van der Waals surface area contributed by atoms with E-state index in [-0.39, 0.29) is 36.6 Å². The summed E-state index contributed by atoms with van der Waals surface area (Å²) in [6.45, 7) is 4.53. The standard InChI is InChI=1S/C23H30F3N5O.HI/c1-17(18-7-4-3-5-8-18)31-14-10-19(11-15-31)30-22(27-2)29-13-16-32-21-20(23(24,25)26)9-6-12-28-21;/h3-9,12,17,19H,10-11,13-16H2,1-2H3,(H2,27,29,30);1H. The van der Waals surface area contributed by atoms with Gasteiger partial charge in [-0.2, -0.15) is 13.2 Å². The van der Waals surface area contributed by atoms with E-state index in [1.807, 2.05) is 6.07 Å². The summed E-state index contributed by atoms with van der Waals surface area (Å²) in [5.74, 6) is 0.199. The lowest BCUT2D eigenvalue weighted by Gasteiger charge is -2.37. The number of hydrogen-bond acceptors (Lipinski definition) is 4. The molecule has 0 amide bonds. The van der Waals surface area contributed by atoms with Crippen molar-refractivity contribution in [1.82, 2.24) is 20.5 Å². The highest BCUT2D eigenvalue weighted by atomic mass is 127. The molecule has 0 spiro atoms. The molecule has 3 rings (SSSR count). The number of alkyl halides is 3. The van der Waals surface area contributed by atoms with Crippen LogP contribution in [0.3, 0.4) is 0 Å². The molecule has 1 atom stereocenters. The van der Waals surface area contributed by atoms with Gasteiger partial charge in [-0.3, -0.25) is 9.89 Å². The summed E-state index contributed by atoms with van der Waals surface area (Å²) in [5.41, 5.74) is 0.442. The first-order valence-electron chi connectivity index (χ1n) is 10.8. The maximum absolute atomic E-state index is 13.0. The smallest absolute Gasteiger partial charge is 0.421 e. The van der Waals surface area contributed by atoms with Gasteiger partial charge in [0.2, 0.25) is 5.88 Å². The van der Waals surface area contributed by atoms with Crippen LogP contribution in [0.4, 0.5) is 13.2 Å². The number of ether oxygens (including phenoxy) is 1. The molecule has 10 heteroatoms. The number of hydrogen-bond donors (Lipinski definition) is 2. The van der Waals surface area contributed by atoms with Crippen molar-refractivity contribution in [2.45, 2.75) is 38.0 Å². The lowest BCUT2D eigenvalue weighted by atomic mass is 10.0. The van der Waals surface area contributed by atoms with E-state index in [1.54, 1.807) is 7.05 Å². The summed E-state index contributed by atoms with van der Waals surface area (Å²) >= 11 is 0. The zero-order valence-corrected chi connectivity index (χ0v) is 21.1. The number of likely N-dealkylation sites (tertiary alicyclic amines) is 1. The Labute approximate surface area is 210 Å². The van der Waals surface area contributed by atoms with Gasteiger partial charge in [-0.05, 0) is 37.5 Å². The van der Waals surface area contributed by atoms with Crippen molar-refractivity contribution in [3.05, 3.63) is 59.8 Å². The molecule has 1 unspecified atom stereocenters. The second-order valence-electron chi connectivity index (χ2n) is 7.74. The molecule has 0 radical (unpaired) electrons. The molecule has 182 valence electrons. The zero-order chi connectivity index (χ0) is 23.0. The van der Waals surface area contributed by atoms with Crippen molar-refractivity contribution in [1.29, 1.82) is 0 Å². The maximum atomic E-state index is 13.0. The Balaban J connectivity index is 0.00000385. The Hall–Kier alpha value is -2.08. The molecule has 0 saturated carbocycles. The number of piperidine rings is 1. The third kappa shape index (κ3) is 8.02. The largest absolute Gasteiger partial charge is 0.475 e. The van der Waals surface area contributed by atoms with Crippen LogP contribution in [0.5, 0.6) is 5.88 Å². The minimum absolute atomic E-state index is 0. The van der Waals surface area contributed by atoms with Crippen molar-refractivity contribution in [3.8, 4) is 5.88 Å². The van der Waals surface area contributed by atoms with Crippen LogP contribution in [0.15, 0.2) is 53.7 Å². The molecular formula is C23H31F3IN5O. The van der Waals surface area contributed by atoms with Crippen molar-refractivity contribution in [2.24, 2.45) is 4.99 Å². The van der Waals surface area contributed by atoms with E-state index in [0.29, 0.717) is 18.5 Å². The molecule has 0 aliphatic carbocycles. The molecular weight excluding hydrogens is 546 g/mol.